The third-order valence-corrected chi connectivity index (χ3v) is 4.53. The van der Waals surface area contributed by atoms with Crippen molar-refractivity contribution in [3.05, 3.63) is 27.5 Å². The van der Waals surface area contributed by atoms with Crippen LogP contribution in [0.2, 0.25) is 0 Å². The Bertz CT molecular complexity index is 481. The van der Waals surface area contributed by atoms with Gasteiger partial charge < -0.3 is 10.5 Å². The predicted molar refractivity (Wildman–Crippen MR) is 77.9 cm³/mol. The normalized spacial score (nSPS) is 23.9. The number of nitrogens with two attached hydrogens (primary N) is 1. The molecule has 0 amide bonds. The molecule has 1 heterocycles. The van der Waals surface area contributed by atoms with Gasteiger partial charge in [-0.1, -0.05) is 0 Å². The molecule has 3 nitrogen and oxygen atoms in total. The Hall–Kier alpha value is -0.650. The minimum Gasteiger partial charge on any atom is -0.496 e. The number of hydrogen-bond acceptors (Lipinski definition) is 3. The van der Waals surface area contributed by atoms with Crippen LogP contribution < -0.4 is 10.5 Å². The van der Waals surface area contributed by atoms with Crippen LogP contribution in [-0.4, -0.2) is 32.1 Å². The summed E-state index contributed by atoms with van der Waals surface area (Å²) in [6.45, 7) is 3.40. The van der Waals surface area contributed by atoms with Crippen molar-refractivity contribution in [2.45, 2.75) is 19.4 Å². The van der Waals surface area contributed by atoms with E-state index in [1.54, 1.807) is 14.0 Å². The zero-order valence-electron chi connectivity index (χ0n) is 11.5. The Morgan fingerprint density at radius 2 is 2.26 bits per heavy atom. The zero-order chi connectivity index (χ0) is 14.2. The zero-order valence-corrected chi connectivity index (χ0v) is 13.1. The summed E-state index contributed by atoms with van der Waals surface area (Å²) < 4.78 is 19.8. The summed E-state index contributed by atoms with van der Waals surface area (Å²) in [5.41, 5.74) is 7.35. The average Bonchev–Trinajstić information content (AvgIpc) is 2.77. The lowest BCUT2D eigenvalue weighted by atomic mass is 9.97. The average molecular weight is 331 g/mol. The second-order valence-electron chi connectivity index (χ2n) is 5.21. The highest BCUT2D eigenvalue weighted by Gasteiger charge is 2.32. The maximum atomic E-state index is 13.9. The summed E-state index contributed by atoms with van der Waals surface area (Å²) in [6.07, 6.45) is 0.987. The Labute approximate surface area is 122 Å². The third kappa shape index (κ3) is 2.64. The number of halogens is 2. The highest BCUT2D eigenvalue weighted by molar-refractivity contribution is 9.10. The van der Waals surface area contributed by atoms with E-state index in [0.29, 0.717) is 28.2 Å². The molecule has 2 unspecified atom stereocenters. The summed E-state index contributed by atoms with van der Waals surface area (Å²) in [6, 6.07) is 2.07. The maximum absolute atomic E-state index is 13.9. The quantitative estimate of drug-likeness (QED) is 0.926. The molecule has 106 valence electrons. The van der Waals surface area contributed by atoms with Gasteiger partial charge in [0.15, 0.2) is 0 Å². The molecule has 5 heteroatoms. The van der Waals surface area contributed by atoms with Gasteiger partial charge in [-0.3, -0.25) is 4.90 Å². The smallest absolute Gasteiger partial charge is 0.143 e. The summed E-state index contributed by atoms with van der Waals surface area (Å²) >= 11 is 3.29. The van der Waals surface area contributed by atoms with Gasteiger partial charge in [0.25, 0.3) is 0 Å². The fraction of sp³-hybridized carbons (Fsp3) is 0.571. The molecule has 0 spiro atoms. The van der Waals surface area contributed by atoms with Gasteiger partial charge in [-0.05, 0) is 54.9 Å². The molecule has 2 rings (SSSR count). The summed E-state index contributed by atoms with van der Waals surface area (Å²) in [4.78, 5) is 2.26. The van der Waals surface area contributed by atoms with Crippen LogP contribution in [0, 0.1) is 18.7 Å². The van der Waals surface area contributed by atoms with Crippen LogP contribution >= 0.6 is 15.9 Å². The highest BCUT2D eigenvalue weighted by atomic mass is 79.9. The number of methoxy groups -OCH3 is 1. The molecule has 0 radical (unpaired) electrons. The molecule has 2 atom stereocenters. The molecule has 0 bridgehead atoms. The van der Waals surface area contributed by atoms with E-state index in [-0.39, 0.29) is 11.9 Å². The minimum atomic E-state index is -0.253. The van der Waals surface area contributed by atoms with Crippen LogP contribution in [0.15, 0.2) is 10.5 Å². The summed E-state index contributed by atoms with van der Waals surface area (Å²) in [5.74, 6) is 0.885. The first-order valence-corrected chi connectivity index (χ1v) is 7.21. The predicted octanol–water partition coefficient (Wildman–Crippen LogP) is 2.86. The van der Waals surface area contributed by atoms with Gasteiger partial charge in [0.2, 0.25) is 0 Å². The molecule has 1 aliphatic rings. The van der Waals surface area contributed by atoms with E-state index in [4.69, 9.17) is 10.5 Å². The molecule has 19 heavy (non-hydrogen) atoms. The van der Waals surface area contributed by atoms with Gasteiger partial charge in [-0.2, -0.15) is 0 Å². The highest BCUT2D eigenvalue weighted by Crippen LogP contribution is 2.42. The number of benzene rings is 1. The largest absolute Gasteiger partial charge is 0.496 e. The van der Waals surface area contributed by atoms with Crippen molar-refractivity contribution in [2.24, 2.45) is 11.7 Å². The van der Waals surface area contributed by atoms with Crippen LogP contribution in [-0.2, 0) is 0 Å². The van der Waals surface area contributed by atoms with Crippen LogP contribution in [0.1, 0.15) is 23.6 Å². The lowest BCUT2D eigenvalue weighted by molar-refractivity contribution is 0.301. The number of rotatable bonds is 3. The Morgan fingerprint density at radius 1 is 1.58 bits per heavy atom. The number of hydrogen-bond donors (Lipinski definition) is 1. The van der Waals surface area contributed by atoms with Crippen LogP contribution in [0.4, 0.5) is 4.39 Å². The standard InChI is InChI=1S/C14H20BrFN2O/c1-8-13(16)11(15)5-10(14(8)19-3)12-4-9(6-17)7-18(12)2/h5,9,12H,4,6-7,17H2,1-3H3. The SMILES string of the molecule is COc1c(C2CC(CN)CN2C)cc(Br)c(F)c1C. The molecule has 1 aliphatic heterocycles. The molecule has 0 saturated carbocycles. The fourth-order valence-corrected chi connectivity index (χ4v) is 3.46. The van der Waals surface area contributed by atoms with E-state index in [0.717, 1.165) is 18.5 Å². The van der Waals surface area contributed by atoms with Crippen molar-refractivity contribution >= 4 is 15.9 Å². The topological polar surface area (TPSA) is 38.5 Å². The minimum absolute atomic E-state index is 0.235. The molecule has 1 saturated heterocycles. The first kappa shape index (κ1) is 14.8. The molecule has 1 fully saturated rings. The summed E-state index contributed by atoms with van der Waals surface area (Å²) in [7, 11) is 3.67. The first-order chi connectivity index (χ1) is 8.99. The first-order valence-electron chi connectivity index (χ1n) is 6.42. The van der Waals surface area contributed by atoms with Gasteiger partial charge in [-0.25, -0.2) is 4.39 Å². The second kappa shape index (κ2) is 5.77. The fourth-order valence-electron chi connectivity index (χ4n) is 2.92. The van der Waals surface area contributed by atoms with E-state index in [1.165, 1.54) is 0 Å². The molecule has 0 aliphatic carbocycles. The number of ether oxygens (including phenoxy) is 1. The Morgan fingerprint density at radius 3 is 2.79 bits per heavy atom. The maximum Gasteiger partial charge on any atom is 0.143 e. The monoisotopic (exact) mass is 330 g/mol. The molecule has 1 aromatic rings. The van der Waals surface area contributed by atoms with E-state index < -0.39 is 0 Å². The van der Waals surface area contributed by atoms with Crippen molar-refractivity contribution < 1.29 is 9.13 Å². The molecule has 2 N–H and O–H groups in total. The Balaban J connectivity index is 2.45. The van der Waals surface area contributed by atoms with Crippen LogP contribution in [0.5, 0.6) is 5.75 Å². The number of likely N-dealkylation sites (tertiary alicyclic amines) is 1. The Kier molecular flexibility index (Phi) is 4.48. The molecular formula is C14H20BrFN2O. The lowest BCUT2D eigenvalue weighted by Crippen LogP contribution is -2.21. The second-order valence-corrected chi connectivity index (χ2v) is 6.07. The van der Waals surface area contributed by atoms with Crippen LogP contribution in [0.3, 0.4) is 0 Å². The van der Waals surface area contributed by atoms with Crippen LogP contribution in [0.25, 0.3) is 0 Å². The van der Waals surface area contributed by atoms with Crippen molar-refractivity contribution in [3.8, 4) is 5.75 Å². The van der Waals surface area contributed by atoms with E-state index in [1.807, 2.05) is 6.07 Å². The van der Waals surface area contributed by atoms with E-state index in [2.05, 4.69) is 27.9 Å². The van der Waals surface area contributed by atoms with Gasteiger partial charge in [0, 0.05) is 23.7 Å². The van der Waals surface area contributed by atoms with Crippen molar-refractivity contribution in [2.75, 3.05) is 27.2 Å². The van der Waals surface area contributed by atoms with E-state index in [9.17, 15) is 4.39 Å². The molecule has 1 aromatic carbocycles. The van der Waals surface area contributed by atoms with Crippen molar-refractivity contribution in [3.63, 3.8) is 0 Å². The third-order valence-electron chi connectivity index (χ3n) is 3.96. The van der Waals surface area contributed by atoms with Gasteiger partial charge in [0.05, 0.1) is 11.6 Å². The van der Waals surface area contributed by atoms with Gasteiger partial charge in [0.1, 0.15) is 11.6 Å². The van der Waals surface area contributed by atoms with Gasteiger partial charge >= 0.3 is 0 Å². The van der Waals surface area contributed by atoms with Gasteiger partial charge in [-0.15, -0.1) is 0 Å². The van der Waals surface area contributed by atoms with Crippen molar-refractivity contribution in [1.82, 2.24) is 4.90 Å². The molecule has 0 aromatic heterocycles. The number of nitrogens with zero attached hydrogens (tertiary/aromatic N) is 1. The summed E-state index contributed by atoms with van der Waals surface area (Å²) in [5, 5.41) is 0. The lowest BCUT2D eigenvalue weighted by Gasteiger charge is -2.23. The molecular weight excluding hydrogens is 311 g/mol. The van der Waals surface area contributed by atoms with E-state index >= 15 is 0 Å². The van der Waals surface area contributed by atoms with Crippen molar-refractivity contribution in [1.29, 1.82) is 0 Å².